The monoisotopic (exact) mass is 256 g/mol. The third kappa shape index (κ3) is 1.93. The second-order valence-corrected chi connectivity index (χ2v) is 3.83. The van der Waals surface area contributed by atoms with E-state index in [0.717, 1.165) is 15.6 Å². The summed E-state index contributed by atoms with van der Waals surface area (Å²) >= 11 is 3.37. The lowest BCUT2D eigenvalue weighted by molar-refractivity contribution is 0.368. The van der Waals surface area contributed by atoms with Gasteiger partial charge in [-0.1, -0.05) is 12.1 Å². The predicted molar refractivity (Wildman–Crippen MR) is 61.0 cm³/mol. The molecule has 0 atom stereocenters. The van der Waals surface area contributed by atoms with Crippen molar-refractivity contribution in [1.82, 2.24) is 0 Å². The summed E-state index contributed by atoms with van der Waals surface area (Å²) in [6, 6.07) is 1.92. The number of hydrogen-bond donors (Lipinski definition) is 1. The maximum absolute atomic E-state index is 9.82. The molecule has 1 aromatic rings. The van der Waals surface area contributed by atoms with Gasteiger partial charge in [0.05, 0.1) is 11.6 Å². The Hall–Kier alpha value is -0.960. The van der Waals surface area contributed by atoms with Crippen molar-refractivity contribution in [2.24, 2.45) is 0 Å². The molecule has 0 aliphatic carbocycles. The van der Waals surface area contributed by atoms with E-state index in [1.165, 1.54) is 7.11 Å². The molecule has 0 bridgehead atoms. The third-order valence-electron chi connectivity index (χ3n) is 2.02. The average Bonchev–Trinajstić information content (AvgIpc) is 2.16. The molecule has 0 fully saturated rings. The Morgan fingerprint density at radius 2 is 2.29 bits per heavy atom. The van der Waals surface area contributed by atoms with Gasteiger partial charge in [-0.2, -0.15) is 0 Å². The van der Waals surface area contributed by atoms with Crippen molar-refractivity contribution in [2.45, 2.75) is 13.3 Å². The zero-order chi connectivity index (χ0) is 10.7. The van der Waals surface area contributed by atoms with E-state index in [4.69, 9.17) is 4.74 Å². The SMILES string of the molecule is C=CCc1cc(C)c(Br)c(OC)c1O. The van der Waals surface area contributed by atoms with Crippen LogP contribution in [-0.4, -0.2) is 12.2 Å². The first kappa shape index (κ1) is 11.1. The largest absolute Gasteiger partial charge is 0.504 e. The molecule has 0 radical (unpaired) electrons. The van der Waals surface area contributed by atoms with Gasteiger partial charge in [-0.15, -0.1) is 6.58 Å². The third-order valence-corrected chi connectivity index (χ3v) is 3.01. The number of halogens is 1. The summed E-state index contributed by atoms with van der Waals surface area (Å²) in [5.41, 5.74) is 1.87. The van der Waals surface area contributed by atoms with Crippen LogP contribution < -0.4 is 4.74 Å². The van der Waals surface area contributed by atoms with E-state index >= 15 is 0 Å². The summed E-state index contributed by atoms with van der Waals surface area (Å²) in [6.45, 7) is 5.60. The number of ether oxygens (including phenoxy) is 1. The Balaban J connectivity index is 3.34. The van der Waals surface area contributed by atoms with Crippen molar-refractivity contribution in [3.05, 3.63) is 34.3 Å². The molecule has 0 unspecified atom stereocenters. The smallest absolute Gasteiger partial charge is 0.175 e. The number of aromatic hydroxyl groups is 1. The van der Waals surface area contributed by atoms with Crippen LogP contribution in [0.2, 0.25) is 0 Å². The molecule has 0 aromatic heterocycles. The van der Waals surface area contributed by atoms with Gasteiger partial charge >= 0.3 is 0 Å². The molecule has 0 aliphatic rings. The summed E-state index contributed by atoms with van der Waals surface area (Å²) in [5.74, 6) is 0.673. The highest BCUT2D eigenvalue weighted by Gasteiger charge is 2.13. The molecule has 0 heterocycles. The summed E-state index contributed by atoms with van der Waals surface area (Å²) in [6.07, 6.45) is 2.39. The van der Waals surface area contributed by atoms with E-state index in [2.05, 4.69) is 22.5 Å². The van der Waals surface area contributed by atoms with E-state index < -0.39 is 0 Å². The molecule has 0 aliphatic heterocycles. The molecule has 1 N–H and O–H groups in total. The highest BCUT2D eigenvalue weighted by atomic mass is 79.9. The van der Waals surface area contributed by atoms with Gasteiger partial charge in [0.1, 0.15) is 0 Å². The molecule has 76 valence electrons. The minimum absolute atomic E-state index is 0.185. The lowest BCUT2D eigenvalue weighted by Crippen LogP contribution is -1.92. The van der Waals surface area contributed by atoms with Crippen LogP contribution in [0.1, 0.15) is 11.1 Å². The topological polar surface area (TPSA) is 29.5 Å². The highest BCUT2D eigenvalue weighted by Crippen LogP contribution is 2.39. The van der Waals surface area contributed by atoms with Crippen LogP contribution >= 0.6 is 15.9 Å². The molecule has 3 heteroatoms. The summed E-state index contributed by atoms with van der Waals surface area (Å²) in [5, 5.41) is 9.82. The maximum Gasteiger partial charge on any atom is 0.175 e. The minimum Gasteiger partial charge on any atom is -0.504 e. The van der Waals surface area contributed by atoms with Gasteiger partial charge in [-0.25, -0.2) is 0 Å². The van der Waals surface area contributed by atoms with Crippen molar-refractivity contribution in [1.29, 1.82) is 0 Å². The van der Waals surface area contributed by atoms with Crippen LogP contribution in [0, 0.1) is 6.92 Å². The Morgan fingerprint density at radius 1 is 1.64 bits per heavy atom. The summed E-state index contributed by atoms with van der Waals surface area (Å²) in [7, 11) is 1.54. The fraction of sp³-hybridized carbons (Fsp3) is 0.273. The number of hydrogen-bond acceptors (Lipinski definition) is 2. The maximum atomic E-state index is 9.82. The van der Waals surface area contributed by atoms with Gasteiger partial charge in [0, 0.05) is 5.56 Å². The second kappa shape index (κ2) is 4.51. The quantitative estimate of drug-likeness (QED) is 0.842. The van der Waals surface area contributed by atoms with E-state index in [9.17, 15) is 5.11 Å². The van der Waals surface area contributed by atoms with Gasteiger partial charge < -0.3 is 9.84 Å². The van der Waals surface area contributed by atoms with Crippen LogP contribution in [0.25, 0.3) is 0 Å². The molecule has 14 heavy (non-hydrogen) atoms. The van der Waals surface area contributed by atoms with Crippen LogP contribution in [0.3, 0.4) is 0 Å². The normalized spacial score (nSPS) is 9.93. The van der Waals surface area contributed by atoms with Crippen LogP contribution in [0.4, 0.5) is 0 Å². The van der Waals surface area contributed by atoms with E-state index in [1.54, 1.807) is 6.08 Å². The van der Waals surface area contributed by atoms with E-state index in [-0.39, 0.29) is 5.75 Å². The fourth-order valence-electron chi connectivity index (χ4n) is 1.32. The van der Waals surface area contributed by atoms with Crippen LogP contribution in [-0.2, 0) is 6.42 Å². The zero-order valence-corrected chi connectivity index (χ0v) is 9.89. The fourth-order valence-corrected chi connectivity index (χ4v) is 1.78. The van der Waals surface area contributed by atoms with Crippen molar-refractivity contribution in [3.63, 3.8) is 0 Å². The first-order valence-corrected chi connectivity index (χ1v) is 5.07. The molecule has 0 saturated heterocycles. The van der Waals surface area contributed by atoms with Gasteiger partial charge in [0.25, 0.3) is 0 Å². The van der Waals surface area contributed by atoms with Crippen molar-refractivity contribution in [3.8, 4) is 11.5 Å². The van der Waals surface area contributed by atoms with Crippen molar-refractivity contribution in [2.75, 3.05) is 7.11 Å². The predicted octanol–water partition coefficient (Wildman–Crippen LogP) is 3.20. The Bertz CT molecular complexity index is 359. The number of methoxy groups -OCH3 is 1. The second-order valence-electron chi connectivity index (χ2n) is 3.04. The number of phenols is 1. The van der Waals surface area contributed by atoms with Crippen LogP contribution in [0.5, 0.6) is 11.5 Å². The van der Waals surface area contributed by atoms with Gasteiger partial charge in [0.2, 0.25) is 0 Å². The summed E-state index contributed by atoms with van der Waals surface area (Å²) < 4.78 is 5.91. The molecule has 0 spiro atoms. The van der Waals surface area contributed by atoms with Gasteiger partial charge in [0.15, 0.2) is 11.5 Å². The van der Waals surface area contributed by atoms with Crippen molar-refractivity contribution < 1.29 is 9.84 Å². The number of aryl methyl sites for hydroxylation is 1. The molecule has 0 amide bonds. The zero-order valence-electron chi connectivity index (χ0n) is 8.30. The first-order chi connectivity index (χ1) is 6.61. The number of rotatable bonds is 3. The van der Waals surface area contributed by atoms with Crippen molar-refractivity contribution >= 4 is 15.9 Å². The lowest BCUT2D eigenvalue weighted by Gasteiger charge is -2.12. The van der Waals surface area contributed by atoms with E-state index in [1.807, 2.05) is 13.0 Å². The molecule has 1 rings (SSSR count). The number of allylic oxidation sites excluding steroid dienone is 1. The minimum atomic E-state index is 0.185. The molecule has 0 saturated carbocycles. The first-order valence-electron chi connectivity index (χ1n) is 4.27. The van der Waals surface area contributed by atoms with Crippen LogP contribution in [0.15, 0.2) is 23.2 Å². The molecular formula is C11H13BrO2. The molecular weight excluding hydrogens is 244 g/mol. The van der Waals surface area contributed by atoms with E-state index in [0.29, 0.717) is 12.2 Å². The Morgan fingerprint density at radius 3 is 2.79 bits per heavy atom. The van der Waals surface area contributed by atoms with Gasteiger partial charge in [-0.3, -0.25) is 0 Å². The standard InChI is InChI=1S/C11H13BrO2/c1-4-5-8-6-7(2)9(12)11(14-3)10(8)13/h4,6,13H,1,5H2,2-3H3. The summed E-state index contributed by atoms with van der Waals surface area (Å²) in [4.78, 5) is 0. The number of phenolic OH excluding ortho intramolecular Hbond substituents is 1. The lowest BCUT2D eigenvalue weighted by atomic mass is 10.1. The Kier molecular flexibility index (Phi) is 3.58. The molecule has 2 nitrogen and oxygen atoms in total. The average molecular weight is 257 g/mol. The molecule has 1 aromatic carbocycles. The number of benzene rings is 1. The highest BCUT2D eigenvalue weighted by molar-refractivity contribution is 9.10. The Labute approximate surface area is 92.3 Å². The van der Waals surface area contributed by atoms with Gasteiger partial charge in [-0.05, 0) is 34.8 Å².